The van der Waals surface area contributed by atoms with E-state index in [0.29, 0.717) is 56.6 Å². The number of hydrogen-bond acceptors (Lipinski definition) is 6. The molecule has 0 fully saturated rings. The minimum Gasteiger partial charge on any atom is -0.465 e. The summed E-state index contributed by atoms with van der Waals surface area (Å²) >= 11 is 0. The van der Waals surface area contributed by atoms with Crippen LogP contribution in [0.3, 0.4) is 0 Å². The summed E-state index contributed by atoms with van der Waals surface area (Å²) < 4.78 is 6.50. The Bertz CT molecular complexity index is 725. The van der Waals surface area contributed by atoms with Crippen molar-refractivity contribution in [2.24, 2.45) is 10.2 Å². The Morgan fingerprint density at radius 2 is 2.17 bits per heavy atom. The third-order valence-corrected chi connectivity index (χ3v) is 4.42. The molecular weight excluding hydrogens is 310 g/mol. The molecule has 0 aromatic carbocycles. The van der Waals surface area contributed by atoms with Gasteiger partial charge in [0.15, 0.2) is 5.66 Å². The molecule has 2 aliphatic rings. The highest BCUT2D eigenvalue weighted by Crippen LogP contribution is 2.37. The zero-order chi connectivity index (χ0) is 17.2. The van der Waals surface area contributed by atoms with E-state index in [0.717, 1.165) is 0 Å². The lowest BCUT2D eigenvalue weighted by atomic mass is 10.0. The van der Waals surface area contributed by atoms with Crippen LogP contribution in [0.4, 0.5) is 0 Å². The van der Waals surface area contributed by atoms with E-state index < -0.39 is 11.6 Å². The van der Waals surface area contributed by atoms with Crippen LogP contribution in [0.5, 0.6) is 0 Å². The number of hydrogen-bond donors (Lipinski definition) is 0. The summed E-state index contributed by atoms with van der Waals surface area (Å²) in [6.07, 6.45) is 8.99. The number of methoxy groups -OCH3 is 1. The third-order valence-electron chi connectivity index (χ3n) is 4.42. The molecule has 0 bridgehead atoms. The van der Waals surface area contributed by atoms with E-state index in [9.17, 15) is 9.59 Å². The molecule has 0 atom stereocenters. The zero-order valence-electron chi connectivity index (χ0n) is 13.6. The summed E-state index contributed by atoms with van der Waals surface area (Å²) in [7, 11) is 1.33. The fraction of sp³-hybridized carbons (Fsp3) is 0.562. The van der Waals surface area contributed by atoms with Crippen molar-refractivity contribution in [2.45, 2.75) is 44.4 Å². The molecule has 1 amide bonds. The highest BCUT2D eigenvalue weighted by molar-refractivity contribution is 5.90. The zero-order valence-corrected chi connectivity index (χ0v) is 13.6. The van der Waals surface area contributed by atoms with Crippen molar-refractivity contribution in [3.63, 3.8) is 0 Å². The number of carbonyl (C=O) groups is 2. The van der Waals surface area contributed by atoms with E-state index in [2.05, 4.69) is 21.2 Å². The average Bonchev–Trinajstić information content (AvgIpc) is 3.26. The van der Waals surface area contributed by atoms with Gasteiger partial charge in [-0.25, -0.2) is 4.79 Å². The van der Waals surface area contributed by atoms with Crippen LogP contribution in [0.2, 0.25) is 0 Å². The molecule has 2 aliphatic heterocycles. The van der Waals surface area contributed by atoms with E-state index in [1.165, 1.54) is 13.3 Å². The number of rotatable bonds is 6. The molecule has 0 saturated heterocycles. The molecule has 3 heterocycles. The molecule has 0 unspecified atom stereocenters. The van der Waals surface area contributed by atoms with Crippen molar-refractivity contribution >= 4 is 11.9 Å². The van der Waals surface area contributed by atoms with Crippen molar-refractivity contribution in [3.8, 4) is 12.3 Å². The van der Waals surface area contributed by atoms with Gasteiger partial charge >= 0.3 is 5.97 Å². The lowest BCUT2D eigenvalue weighted by Gasteiger charge is -2.28. The number of amides is 1. The monoisotopic (exact) mass is 329 g/mol. The highest BCUT2D eigenvalue weighted by Gasteiger charge is 2.40. The average molecular weight is 329 g/mol. The van der Waals surface area contributed by atoms with Gasteiger partial charge in [-0.05, 0) is 0 Å². The molecule has 0 saturated carbocycles. The molecule has 8 heteroatoms. The molecule has 24 heavy (non-hydrogen) atoms. The first-order chi connectivity index (χ1) is 11.6. The first-order valence-corrected chi connectivity index (χ1v) is 7.87. The molecule has 3 rings (SSSR count). The number of esters is 1. The van der Waals surface area contributed by atoms with Crippen LogP contribution in [0.1, 0.15) is 41.7 Å². The van der Waals surface area contributed by atoms with E-state index in [4.69, 9.17) is 11.2 Å². The van der Waals surface area contributed by atoms with Gasteiger partial charge in [0.25, 0.3) is 0 Å². The minimum atomic E-state index is -0.448. The number of nitrogens with zero attached hydrogens (tertiary/aromatic N) is 5. The second kappa shape index (κ2) is 6.43. The summed E-state index contributed by atoms with van der Waals surface area (Å²) in [4.78, 5) is 26.0. The lowest BCUT2D eigenvalue weighted by molar-refractivity contribution is -0.133. The SMILES string of the molecule is C#CCCC1(CCC(=O)N2CCn3ncc(C(=O)OC)c3C2)N=N1. The van der Waals surface area contributed by atoms with Gasteiger partial charge in [-0.1, -0.05) is 0 Å². The van der Waals surface area contributed by atoms with Crippen molar-refractivity contribution in [1.82, 2.24) is 14.7 Å². The van der Waals surface area contributed by atoms with Gasteiger partial charge in [-0.15, -0.1) is 12.3 Å². The predicted octanol–water partition coefficient (Wildman–Crippen LogP) is 1.37. The predicted molar refractivity (Wildman–Crippen MR) is 83.9 cm³/mol. The molecule has 1 aromatic heterocycles. The minimum absolute atomic E-state index is 0.0237. The molecule has 1 aromatic rings. The maximum Gasteiger partial charge on any atom is 0.341 e. The second-order valence-electron chi connectivity index (χ2n) is 5.92. The van der Waals surface area contributed by atoms with E-state index >= 15 is 0 Å². The van der Waals surface area contributed by atoms with Crippen LogP contribution < -0.4 is 0 Å². The largest absolute Gasteiger partial charge is 0.465 e. The van der Waals surface area contributed by atoms with Crippen molar-refractivity contribution in [2.75, 3.05) is 13.7 Å². The molecular formula is C16H19N5O3. The number of ether oxygens (including phenoxy) is 1. The standard InChI is InChI=1S/C16H19N5O3/c1-3-4-6-16(18-19-16)7-5-14(22)20-8-9-21-13(11-20)12(10-17-21)15(23)24-2/h1,10H,4-9,11H2,2H3. The Morgan fingerprint density at radius 1 is 1.38 bits per heavy atom. The van der Waals surface area contributed by atoms with Gasteiger partial charge in [0, 0.05) is 32.2 Å². The highest BCUT2D eigenvalue weighted by atomic mass is 16.5. The maximum atomic E-state index is 12.5. The van der Waals surface area contributed by atoms with Crippen LogP contribution in [-0.4, -0.2) is 45.9 Å². The van der Waals surface area contributed by atoms with Crippen LogP contribution in [0.25, 0.3) is 0 Å². The van der Waals surface area contributed by atoms with Gasteiger partial charge in [-0.3, -0.25) is 9.48 Å². The molecule has 8 nitrogen and oxygen atoms in total. The summed E-state index contributed by atoms with van der Waals surface area (Å²) in [5, 5.41) is 12.3. The molecule has 126 valence electrons. The molecule has 0 N–H and O–H groups in total. The maximum absolute atomic E-state index is 12.5. The Labute approximate surface area is 139 Å². The van der Waals surface area contributed by atoms with Crippen molar-refractivity contribution in [3.05, 3.63) is 17.5 Å². The van der Waals surface area contributed by atoms with Crippen LogP contribution in [0, 0.1) is 12.3 Å². The number of carbonyl (C=O) groups excluding carboxylic acids is 2. The molecule has 0 spiro atoms. The number of aromatic nitrogens is 2. The van der Waals surface area contributed by atoms with Crippen LogP contribution in [-0.2, 0) is 22.6 Å². The Balaban J connectivity index is 1.59. The number of terminal acetylenes is 1. The quantitative estimate of drug-likeness (QED) is 0.582. The summed E-state index contributed by atoms with van der Waals surface area (Å²) in [6.45, 7) is 1.49. The second-order valence-corrected chi connectivity index (χ2v) is 5.92. The smallest absolute Gasteiger partial charge is 0.341 e. The summed E-state index contributed by atoms with van der Waals surface area (Å²) in [5.41, 5.74) is 0.675. The lowest BCUT2D eigenvalue weighted by Crippen LogP contribution is -2.39. The van der Waals surface area contributed by atoms with Gasteiger partial charge in [-0.2, -0.15) is 15.3 Å². The van der Waals surface area contributed by atoms with Crippen LogP contribution >= 0.6 is 0 Å². The van der Waals surface area contributed by atoms with Gasteiger partial charge in [0.2, 0.25) is 5.91 Å². The summed E-state index contributed by atoms with van der Waals surface area (Å²) in [5.74, 6) is 2.16. The third kappa shape index (κ3) is 3.15. The van der Waals surface area contributed by atoms with Crippen molar-refractivity contribution in [1.29, 1.82) is 0 Å². The molecule has 0 aliphatic carbocycles. The Hall–Kier alpha value is -2.69. The Morgan fingerprint density at radius 3 is 2.83 bits per heavy atom. The van der Waals surface area contributed by atoms with Crippen molar-refractivity contribution < 1.29 is 14.3 Å². The van der Waals surface area contributed by atoms with Crippen LogP contribution in [0.15, 0.2) is 16.4 Å². The Kier molecular flexibility index (Phi) is 4.34. The van der Waals surface area contributed by atoms with E-state index in [1.54, 1.807) is 9.58 Å². The van der Waals surface area contributed by atoms with E-state index in [1.807, 2.05) is 0 Å². The fourth-order valence-corrected chi connectivity index (χ4v) is 2.87. The summed E-state index contributed by atoms with van der Waals surface area (Å²) in [6, 6.07) is 0. The number of fused-ring (bicyclic) bond motifs is 1. The fourth-order valence-electron chi connectivity index (χ4n) is 2.87. The first-order valence-electron chi connectivity index (χ1n) is 7.87. The van der Waals surface area contributed by atoms with Gasteiger partial charge in [0.05, 0.1) is 32.1 Å². The normalized spacial score (nSPS) is 17.1. The first kappa shape index (κ1) is 16.2. The van der Waals surface area contributed by atoms with Gasteiger partial charge < -0.3 is 9.64 Å². The van der Waals surface area contributed by atoms with Gasteiger partial charge in [0.1, 0.15) is 5.56 Å². The topological polar surface area (TPSA) is 89.2 Å². The molecule has 0 radical (unpaired) electrons. The van der Waals surface area contributed by atoms with E-state index in [-0.39, 0.29) is 5.91 Å².